The molecule has 0 saturated carbocycles. The van der Waals surface area contributed by atoms with Crippen LogP contribution in [0.2, 0.25) is 0 Å². The fraction of sp³-hybridized carbons (Fsp3) is 0.118. The first-order valence-corrected chi connectivity index (χ1v) is 10.5. The average Bonchev–Trinajstić information content (AvgIpc) is 3.01. The number of aliphatic carboxylic acids is 1. The van der Waals surface area contributed by atoms with Gasteiger partial charge in [-0.05, 0) is 39.7 Å². The third-order valence-corrected chi connectivity index (χ3v) is 7.50. The second-order valence-corrected chi connectivity index (χ2v) is 9.00. The summed E-state index contributed by atoms with van der Waals surface area (Å²) in [5, 5.41) is 9.71. The lowest BCUT2D eigenvalue weighted by atomic mass is 10.0. The molecule has 2 aromatic carbocycles. The van der Waals surface area contributed by atoms with E-state index in [4.69, 9.17) is 0 Å². The Morgan fingerprint density at radius 2 is 1.76 bits per heavy atom. The molecule has 2 aromatic rings. The Morgan fingerprint density at radius 3 is 2.40 bits per heavy atom. The van der Waals surface area contributed by atoms with Crippen molar-refractivity contribution in [3.63, 3.8) is 0 Å². The van der Waals surface area contributed by atoms with Gasteiger partial charge < -0.3 is 5.11 Å². The highest BCUT2D eigenvalue weighted by molar-refractivity contribution is 9.10. The molecule has 2 N–H and O–H groups in total. The normalized spacial score (nSPS) is 20.3. The Bertz CT molecular complexity index is 944. The molecule has 0 radical (unpaired) electrons. The summed E-state index contributed by atoms with van der Waals surface area (Å²) in [4.78, 5) is 12.6. The van der Waals surface area contributed by atoms with Gasteiger partial charge in [0.1, 0.15) is 0 Å². The number of sulfonamides is 1. The molecule has 1 aliphatic rings. The van der Waals surface area contributed by atoms with E-state index >= 15 is 0 Å². The summed E-state index contributed by atoms with van der Waals surface area (Å²) in [7, 11) is -4.02. The molecule has 3 rings (SSSR count). The van der Waals surface area contributed by atoms with Crippen molar-refractivity contribution in [2.24, 2.45) is 0 Å². The molecule has 8 heteroatoms. The van der Waals surface area contributed by atoms with Crippen molar-refractivity contribution in [3.8, 4) is 0 Å². The van der Waals surface area contributed by atoms with Gasteiger partial charge in [0.2, 0.25) is 10.0 Å². The van der Waals surface area contributed by atoms with Gasteiger partial charge in [-0.2, -0.15) is 4.72 Å². The molecule has 0 saturated heterocycles. The maximum atomic E-state index is 12.7. The zero-order valence-corrected chi connectivity index (χ0v) is 16.1. The molecule has 1 heterocycles. The van der Waals surface area contributed by atoms with Gasteiger partial charge in [0, 0.05) is 15.1 Å². The van der Waals surface area contributed by atoms with Crippen LogP contribution in [0.5, 0.6) is 0 Å². The first-order valence-electron chi connectivity index (χ1n) is 7.27. The fourth-order valence-electron chi connectivity index (χ4n) is 2.45. The van der Waals surface area contributed by atoms with E-state index in [0.717, 1.165) is 10.5 Å². The highest BCUT2D eigenvalue weighted by Gasteiger charge is 2.45. The second kappa shape index (κ2) is 6.95. The van der Waals surface area contributed by atoms with Gasteiger partial charge in [-0.3, -0.25) is 0 Å². The zero-order valence-electron chi connectivity index (χ0n) is 12.8. The zero-order chi connectivity index (χ0) is 18.1. The monoisotopic (exact) mass is 439 g/mol. The standard InChI is InChI=1S/C17H14BrNO4S2/c18-13-8-4-5-9-15(13)25(22,23)19-17(16(20)21)10-14(24-11-17)12-6-2-1-3-7-12/h1-10,19H,11H2,(H,20,21). The third kappa shape index (κ3) is 3.67. The number of rotatable bonds is 5. The van der Waals surface area contributed by atoms with Crippen LogP contribution in [0.4, 0.5) is 0 Å². The van der Waals surface area contributed by atoms with Crippen molar-refractivity contribution < 1.29 is 18.3 Å². The minimum absolute atomic E-state index is 0.00202. The summed E-state index contributed by atoms with van der Waals surface area (Å²) in [6, 6.07) is 15.6. The van der Waals surface area contributed by atoms with Crippen LogP contribution < -0.4 is 4.72 Å². The fourth-order valence-corrected chi connectivity index (χ4v) is 6.11. The quantitative estimate of drug-likeness (QED) is 0.745. The summed E-state index contributed by atoms with van der Waals surface area (Å²) in [6.07, 6.45) is 1.48. The number of benzene rings is 2. The molecule has 1 aliphatic heterocycles. The minimum atomic E-state index is -4.02. The van der Waals surface area contributed by atoms with Crippen LogP contribution in [0.3, 0.4) is 0 Å². The van der Waals surface area contributed by atoms with Crippen molar-refractivity contribution in [3.05, 3.63) is 70.7 Å². The predicted octanol–water partition coefficient (Wildman–Crippen LogP) is 3.34. The molecule has 1 unspecified atom stereocenters. The van der Waals surface area contributed by atoms with E-state index in [1.54, 1.807) is 18.2 Å². The van der Waals surface area contributed by atoms with Gasteiger partial charge in [-0.1, -0.05) is 42.5 Å². The van der Waals surface area contributed by atoms with E-state index in [-0.39, 0.29) is 10.6 Å². The van der Waals surface area contributed by atoms with E-state index in [2.05, 4.69) is 20.7 Å². The number of carboxylic acid groups (broad SMARTS) is 1. The van der Waals surface area contributed by atoms with Gasteiger partial charge in [0.15, 0.2) is 5.54 Å². The summed E-state index contributed by atoms with van der Waals surface area (Å²) >= 11 is 4.51. The van der Waals surface area contributed by atoms with Crippen molar-refractivity contribution in [2.75, 3.05) is 5.75 Å². The number of carboxylic acids is 1. The Kier molecular flexibility index (Phi) is 5.06. The van der Waals surface area contributed by atoms with Crippen molar-refractivity contribution in [1.29, 1.82) is 0 Å². The minimum Gasteiger partial charge on any atom is -0.480 e. The van der Waals surface area contributed by atoms with Crippen LogP contribution in [0.15, 0.2) is 70.0 Å². The SMILES string of the molecule is O=C(O)C1(NS(=O)(=O)c2ccccc2Br)C=C(c2ccccc2)SC1. The average molecular weight is 440 g/mol. The molecule has 0 aliphatic carbocycles. The van der Waals surface area contributed by atoms with Crippen LogP contribution in [0.25, 0.3) is 4.91 Å². The highest BCUT2D eigenvalue weighted by atomic mass is 79.9. The van der Waals surface area contributed by atoms with Crippen molar-refractivity contribution in [2.45, 2.75) is 10.4 Å². The number of carbonyl (C=O) groups is 1. The Labute approximate surface area is 158 Å². The molecule has 5 nitrogen and oxygen atoms in total. The van der Waals surface area contributed by atoms with Gasteiger partial charge in [-0.25, -0.2) is 13.2 Å². The van der Waals surface area contributed by atoms with E-state index in [1.165, 1.54) is 23.9 Å². The van der Waals surface area contributed by atoms with E-state index in [0.29, 0.717) is 4.47 Å². The number of hydrogen-bond donors (Lipinski definition) is 2. The molecule has 0 amide bonds. The van der Waals surface area contributed by atoms with Gasteiger partial charge in [0.25, 0.3) is 0 Å². The van der Waals surface area contributed by atoms with E-state index < -0.39 is 21.5 Å². The number of thioether (sulfide) groups is 1. The smallest absolute Gasteiger partial charge is 0.329 e. The lowest BCUT2D eigenvalue weighted by Crippen LogP contribution is -2.53. The molecule has 0 bridgehead atoms. The maximum absolute atomic E-state index is 12.7. The predicted molar refractivity (Wildman–Crippen MR) is 102 cm³/mol. The van der Waals surface area contributed by atoms with Crippen molar-refractivity contribution >= 4 is 48.6 Å². The maximum Gasteiger partial charge on any atom is 0.329 e. The van der Waals surface area contributed by atoms with Gasteiger partial charge in [-0.15, -0.1) is 11.8 Å². The second-order valence-electron chi connectivity index (χ2n) is 5.48. The molecular formula is C17H14BrNO4S2. The van der Waals surface area contributed by atoms with E-state index in [9.17, 15) is 18.3 Å². The summed E-state index contributed by atoms with van der Waals surface area (Å²) in [5.41, 5.74) is -0.833. The summed E-state index contributed by atoms with van der Waals surface area (Å²) < 4.78 is 28.2. The lowest BCUT2D eigenvalue weighted by Gasteiger charge is -2.23. The molecule has 0 fully saturated rings. The van der Waals surface area contributed by atoms with Crippen LogP contribution in [0.1, 0.15) is 5.56 Å². The molecule has 0 spiro atoms. The summed E-state index contributed by atoms with van der Waals surface area (Å²) in [6.45, 7) is 0. The Morgan fingerprint density at radius 1 is 1.12 bits per heavy atom. The largest absolute Gasteiger partial charge is 0.480 e. The molecule has 1 atom stereocenters. The Balaban J connectivity index is 2.00. The number of nitrogens with one attached hydrogen (secondary N) is 1. The van der Waals surface area contributed by atoms with Crippen molar-refractivity contribution in [1.82, 2.24) is 4.72 Å². The first-order chi connectivity index (χ1) is 11.8. The van der Waals surface area contributed by atoms with Crippen LogP contribution >= 0.6 is 27.7 Å². The summed E-state index contributed by atoms with van der Waals surface area (Å²) in [5.74, 6) is -1.16. The van der Waals surface area contributed by atoms with Gasteiger partial charge >= 0.3 is 5.97 Å². The highest BCUT2D eigenvalue weighted by Crippen LogP contribution is 2.40. The number of hydrogen-bond acceptors (Lipinski definition) is 4. The van der Waals surface area contributed by atoms with Crippen LogP contribution in [-0.2, 0) is 14.8 Å². The van der Waals surface area contributed by atoms with Gasteiger partial charge in [0.05, 0.1) is 4.90 Å². The van der Waals surface area contributed by atoms with Crippen LogP contribution in [0, 0.1) is 0 Å². The lowest BCUT2D eigenvalue weighted by molar-refractivity contribution is -0.141. The molecule has 25 heavy (non-hydrogen) atoms. The van der Waals surface area contributed by atoms with Crippen LogP contribution in [-0.4, -0.2) is 30.8 Å². The molecule has 0 aromatic heterocycles. The third-order valence-electron chi connectivity index (χ3n) is 3.72. The topological polar surface area (TPSA) is 83.5 Å². The Hall–Kier alpha value is -1.61. The van der Waals surface area contributed by atoms with E-state index in [1.807, 2.05) is 30.3 Å². The molecular weight excluding hydrogens is 426 g/mol. The first kappa shape index (κ1) is 18.2. The number of halogens is 1. The molecule has 130 valence electrons.